The minimum Gasteiger partial charge on any atom is -0.394 e. The third-order valence-corrected chi connectivity index (χ3v) is 6.48. The van der Waals surface area contributed by atoms with E-state index >= 15 is 0 Å². The minimum atomic E-state index is -1.74. The van der Waals surface area contributed by atoms with Crippen molar-refractivity contribution in [2.24, 2.45) is 22.9 Å². The van der Waals surface area contributed by atoms with Gasteiger partial charge in [0.1, 0.15) is 54.9 Å². The Morgan fingerprint density at radius 3 is 1.85 bits per heavy atom. The van der Waals surface area contributed by atoms with Crippen LogP contribution in [0.1, 0.15) is 6.42 Å². The van der Waals surface area contributed by atoms with Crippen LogP contribution in [0.2, 0.25) is 0 Å². The fraction of sp³-hybridized carbons (Fsp3) is 1.00. The van der Waals surface area contributed by atoms with Gasteiger partial charge in [-0.3, -0.25) is 0 Å². The van der Waals surface area contributed by atoms with E-state index in [1.54, 1.807) is 0 Å². The zero-order valence-corrected chi connectivity index (χ0v) is 17.9. The van der Waals surface area contributed by atoms with Crippen LogP contribution in [0.15, 0.2) is 0 Å². The fourth-order valence-electron chi connectivity index (χ4n) is 4.37. The molecule has 0 unspecified atom stereocenters. The lowest BCUT2D eigenvalue weighted by atomic mass is 9.84. The van der Waals surface area contributed by atoms with E-state index in [1.165, 1.54) is 0 Å². The summed E-state index contributed by atoms with van der Waals surface area (Å²) in [5, 5.41) is 70.7. The summed E-state index contributed by atoms with van der Waals surface area (Å²) in [6, 6.07) is -2.87. The average Bonchev–Trinajstić information content (AvgIpc) is 2.79. The second-order valence-electron chi connectivity index (χ2n) is 8.79. The first-order valence-corrected chi connectivity index (χ1v) is 10.8. The quantitative estimate of drug-likeness (QED) is 0.167. The maximum Gasteiger partial charge on any atom is 0.187 e. The Morgan fingerprint density at radius 2 is 1.24 bits per heavy atom. The average molecular weight is 485 g/mol. The van der Waals surface area contributed by atoms with Crippen molar-refractivity contribution in [1.29, 1.82) is 0 Å². The van der Waals surface area contributed by atoms with Crippen molar-refractivity contribution in [3.05, 3.63) is 0 Å². The van der Waals surface area contributed by atoms with E-state index in [4.69, 9.17) is 41.9 Å². The Labute approximate surface area is 189 Å². The molecule has 0 amide bonds. The molecule has 33 heavy (non-hydrogen) atoms. The molecule has 194 valence electrons. The van der Waals surface area contributed by atoms with Crippen molar-refractivity contribution in [3.8, 4) is 0 Å². The fourth-order valence-corrected chi connectivity index (χ4v) is 4.37. The highest BCUT2D eigenvalue weighted by Crippen LogP contribution is 2.31. The zero-order valence-electron chi connectivity index (χ0n) is 17.9. The van der Waals surface area contributed by atoms with E-state index in [9.17, 15) is 35.7 Å². The number of hydrogen-bond acceptors (Lipinski definition) is 15. The monoisotopic (exact) mass is 484 g/mol. The molecule has 0 aromatic rings. The van der Waals surface area contributed by atoms with Crippen molar-refractivity contribution >= 4 is 0 Å². The third-order valence-electron chi connectivity index (χ3n) is 6.48. The Morgan fingerprint density at radius 1 is 0.667 bits per heavy atom. The van der Waals surface area contributed by atoms with Gasteiger partial charge in [-0.15, -0.1) is 0 Å². The molecule has 15 nitrogen and oxygen atoms in total. The molecule has 1 aliphatic carbocycles. The predicted molar refractivity (Wildman–Crippen MR) is 108 cm³/mol. The second kappa shape index (κ2) is 11.0. The molecule has 3 aliphatic rings. The first-order chi connectivity index (χ1) is 15.5. The molecule has 1 saturated carbocycles. The molecule has 15 N–H and O–H groups in total. The highest BCUT2D eigenvalue weighted by molar-refractivity contribution is 5.01. The summed E-state index contributed by atoms with van der Waals surface area (Å²) in [5.74, 6) is 0. The highest BCUT2D eigenvalue weighted by atomic mass is 16.7. The third kappa shape index (κ3) is 5.32. The van der Waals surface area contributed by atoms with E-state index in [1.807, 2.05) is 0 Å². The number of nitrogens with two attached hydrogens (primary N) is 4. The summed E-state index contributed by atoms with van der Waals surface area (Å²) in [4.78, 5) is 0. The van der Waals surface area contributed by atoms with Gasteiger partial charge in [0.05, 0.1) is 18.8 Å². The summed E-state index contributed by atoms with van der Waals surface area (Å²) in [6.07, 6.45) is -16.7. The van der Waals surface area contributed by atoms with E-state index in [2.05, 4.69) is 0 Å². The smallest absolute Gasteiger partial charge is 0.187 e. The molecule has 2 aliphatic heterocycles. The van der Waals surface area contributed by atoms with Crippen LogP contribution in [-0.4, -0.2) is 141 Å². The van der Waals surface area contributed by atoms with Crippen LogP contribution >= 0.6 is 0 Å². The highest BCUT2D eigenvalue weighted by Gasteiger charge is 2.52. The van der Waals surface area contributed by atoms with Crippen molar-refractivity contribution < 1.29 is 54.7 Å². The number of aliphatic hydroxyl groups excluding tert-OH is 7. The molecule has 0 radical (unpaired) electrons. The van der Waals surface area contributed by atoms with Crippen LogP contribution in [0.25, 0.3) is 0 Å². The van der Waals surface area contributed by atoms with Gasteiger partial charge in [-0.25, -0.2) is 0 Å². The van der Waals surface area contributed by atoms with Crippen molar-refractivity contribution in [3.63, 3.8) is 0 Å². The summed E-state index contributed by atoms with van der Waals surface area (Å²) in [7, 11) is 0. The van der Waals surface area contributed by atoms with E-state index in [0.717, 1.165) is 0 Å². The molecule has 0 aromatic carbocycles. The molecular formula is C18H36N4O11. The van der Waals surface area contributed by atoms with Gasteiger partial charge in [-0.05, 0) is 6.42 Å². The molecule has 0 aromatic heterocycles. The van der Waals surface area contributed by atoms with Gasteiger partial charge in [-0.1, -0.05) is 0 Å². The van der Waals surface area contributed by atoms with Crippen LogP contribution in [0.3, 0.4) is 0 Å². The van der Waals surface area contributed by atoms with Crippen LogP contribution in [-0.2, 0) is 18.9 Å². The van der Waals surface area contributed by atoms with Gasteiger partial charge >= 0.3 is 0 Å². The van der Waals surface area contributed by atoms with Crippen molar-refractivity contribution in [1.82, 2.24) is 0 Å². The van der Waals surface area contributed by atoms with Gasteiger partial charge < -0.3 is 77.6 Å². The maximum absolute atomic E-state index is 10.7. The molecule has 15 atom stereocenters. The van der Waals surface area contributed by atoms with E-state index in [0.29, 0.717) is 0 Å². The summed E-state index contributed by atoms with van der Waals surface area (Å²) in [6.45, 7) is -0.817. The van der Waals surface area contributed by atoms with E-state index in [-0.39, 0.29) is 13.0 Å². The number of aliphatic hydroxyl groups is 7. The SMILES string of the molecule is NC[C@@H]1O[C@@H](O[C@@H]2[C@@H](O[C@H]3O[C@H](CO)[C@@H](O)[C@H](O)[C@@H]3O)[C@@H](O)[C@H](N)C[C@H]2N)[C@H](N)[C@@H](O)[C@@H]1O. The lowest BCUT2D eigenvalue weighted by molar-refractivity contribution is -0.342. The van der Waals surface area contributed by atoms with Crippen molar-refractivity contribution in [2.45, 2.75) is 98.2 Å². The normalized spacial score (nSPS) is 53.7. The Kier molecular flexibility index (Phi) is 8.99. The lowest BCUT2D eigenvalue weighted by Crippen LogP contribution is -2.69. The Hall–Kier alpha value is -0.600. The molecule has 3 rings (SSSR count). The Bertz CT molecular complexity index is 634. The molecule has 2 heterocycles. The molecule has 2 saturated heterocycles. The zero-order chi connectivity index (χ0) is 24.6. The molecule has 15 heteroatoms. The molecule has 0 spiro atoms. The standard InChI is InChI=1S/C18H36N4O11/c19-2-6-10(25)12(27)8(22)17(30-6)32-15-5(21)1-4(20)9(24)16(15)33-18-14(29)13(28)11(26)7(3-23)31-18/h4-18,23-29H,1-3,19-22H2/t4-,5-,6+,7-,8-,9+,10-,11-,12-,13+,14+,15+,16+,17+,18-/m1/s1. The van der Waals surface area contributed by atoms with Crippen LogP contribution in [0.5, 0.6) is 0 Å². The van der Waals surface area contributed by atoms with Crippen LogP contribution in [0.4, 0.5) is 0 Å². The lowest BCUT2D eigenvalue weighted by Gasteiger charge is -2.48. The van der Waals surface area contributed by atoms with Gasteiger partial charge in [0.25, 0.3) is 0 Å². The molecular weight excluding hydrogens is 448 g/mol. The number of rotatable bonds is 6. The van der Waals surface area contributed by atoms with Gasteiger partial charge in [0.2, 0.25) is 0 Å². The van der Waals surface area contributed by atoms with Crippen LogP contribution in [0, 0.1) is 0 Å². The second-order valence-corrected chi connectivity index (χ2v) is 8.79. The predicted octanol–water partition coefficient (Wildman–Crippen LogP) is -7.29. The minimum absolute atomic E-state index is 0.105. The Balaban J connectivity index is 1.80. The van der Waals surface area contributed by atoms with Gasteiger partial charge in [0, 0.05) is 18.6 Å². The van der Waals surface area contributed by atoms with Gasteiger partial charge in [0.15, 0.2) is 12.6 Å². The van der Waals surface area contributed by atoms with Crippen LogP contribution < -0.4 is 22.9 Å². The summed E-state index contributed by atoms with van der Waals surface area (Å²) < 4.78 is 22.5. The maximum atomic E-state index is 10.7. The van der Waals surface area contributed by atoms with Gasteiger partial charge in [-0.2, -0.15) is 0 Å². The largest absolute Gasteiger partial charge is 0.394 e. The van der Waals surface area contributed by atoms with E-state index < -0.39 is 98.4 Å². The molecule has 0 bridgehead atoms. The first kappa shape index (κ1) is 27.0. The molecule has 3 fully saturated rings. The topological polar surface area (TPSA) is 283 Å². The summed E-state index contributed by atoms with van der Waals surface area (Å²) in [5.41, 5.74) is 23.7. The van der Waals surface area contributed by atoms with Crippen molar-refractivity contribution in [2.75, 3.05) is 13.2 Å². The number of ether oxygens (including phenoxy) is 4. The first-order valence-electron chi connectivity index (χ1n) is 10.8. The summed E-state index contributed by atoms with van der Waals surface area (Å²) >= 11 is 0. The number of hydrogen-bond donors (Lipinski definition) is 11.